The second-order valence-corrected chi connectivity index (χ2v) is 10.7. The molecule has 0 fully saturated rings. The maximum absolute atomic E-state index is 12.8. The summed E-state index contributed by atoms with van der Waals surface area (Å²) in [5, 5.41) is 0.504. The molecule has 2 aromatic rings. The predicted molar refractivity (Wildman–Crippen MR) is 109 cm³/mol. The van der Waals surface area contributed by atoms with Crippen LogP contribution in [0, 0.1) is 13.8 Å². The normalized spacial score (nSPS) is 14.7. The van der Waals surface area contributed by atoms with Crippen molar-refractivity contribution in [2.45, 2.75) is 31.6 Å². The average Bonchev–Trinajstić information content (AvgIpc) is 2.56. The summed E-state index contributed by atoms with van der Waals surface area (Å²) in [6, 6.07) is 8.14. The zero-order chi connectivity index (χ0) is 20.0. The Morgan fingerprint density at radius 1 is 1.04 bits per heavy atom. The van der Waals surface area contributed by atoms with Crippen LogP contribution in [0.15, 0.2) is 35.2 Å². The first kappa shape index (κ1) is 20.0. The molecule has 0 aromatic heterocycles. The van der Waals surface area contributed by atoms with Crippen molar-refractivity contribution in [1.29, 1.82) is 0 Å². The van der Waals surface area contributed by atoms with Gasteiger partial charge in [0.05, 0.1) is 22.5 Å². The Hall–Kier alpha value is -1.77. The van der Waals surface area contributed by atoms with Gasteiger partial charge >= 0.3 is 0 Å². The van der Waals surface area contributed by atoms with Gasteiger partial charge in [-0.3, -0.25) is 9.03 Å². The summed E-state index contributed by atoms with van der Waals surface area (Å²) in [6.45, 7) is 3.80. The largest absolute Gasteiger partial charge is 0.280 e. The fraction of sp³-hybridized carbons (Fsp3) is 0.333. The fourth-order valence-electron chi connectivity index (χ4n) is 3.20. The van der Waals surface area contributed by atoms with Crippen molar-refractivity contribution < 1.29 is 16.8 Å². The van der Waals surface area contributed by atoms with E-state index in [1.807, 2.05) is 0 Å². The number of hydrogen-bond acceptors (Lipinski definition) is 4. The van der Waals surface area contributed by atoms with Gasteiger partial charge in [0.25, 0.3) is 10.0 Å². The van der Waals surface area contributed by atoms with Gasteiger partial charge in [-0.15, -0.1) is 0 Å². The minimum absolute atomic E-state index is 0.141. The smallest absolute Gasteiger partial charge is 0.262 e. The minimum atomic E-state index is -3.84. The Balaban J connectivity index is 2.00. The van der Waals surface area contributed by atoms with Crippen LogP contribution in [0.3, 0.4) is 0 Å². The van der Waals surface area contributed by atoms with Crippen LogP contribution in [0.2, 0.25) is 5.02 Å². The van der Waals surface area contributed by atoms with Gasteiger partial charge in [-0.05, 0) is 67.6 Å². The van der Waals surface area contributed by atoms with E-state index in [1.165, 1.54) is 10.4 Å². The van der Waals surface area contributed by atoms with Crippen molar-refractivity contribution in [3.8, 4) is 0 Å². The second kappa shape index (κ2) is 7.00. The third kappa shape index (κ3) is 4.07. The van der Waals surface area contributed by atoms with E-state index in [4.69, 9.17) is 11.6 Å². The van der Waals surface area contributed by atoms with Gasteiger partial charge in [-0.1, -0.05) is 17.7 Å². The van der Waals surface area contributed by atoms with E-state index in [9.17, 15) is 16.8 Å². The van der Waals surface area contributed by atoms with Crippen molar-refractivity contribution in [3.05, 3.63) is 52.0 Å². The van der Waals surface area contributed by atoms with Crippen molar-refractivity contribution >= 4 is 43.0 Å². The Bertz CT molecular complexity index is 1110. The summed E-state index contributed by atoms with van der Waals surface area (Å²) in [5.41, 5.74) is 2.92. The van der Waals surface area contributed by atoms with Crippen molar-refractivity contribution in [2.24, 2.45) is 0 Å². The van der Waals surface area contributed by atoms with Crippen LogP contribution < -0.4 is 9.03 Å². The number of fused-ring (bicyclic) bond motifs is 1. The van der Waals surface area contributed by atoms with E-state index < -0.39 is 20.0 Å². The van der Waals surface area contributed by atoms with Gasteiger partial charge in [0.2, 0.25) is 10.0 Å². The number of nitrogens with zero attached hydrogens (tertiary/aromatic N) is 1. The third-order valence-electron chi connectivity index (χ3n) is 4.56. The summed E-state index contributed by atoms with van der Waals surface area (Å²) in [5.74, 6) is 0. The number of sulfonamides is 2. The number of halogens is 1. The molecule has 0 unspecified atom stereocenters. The van der Waals surface area contributed by atoms with Gasteiger partial charge in [-0.25, -0.2) is 16.8 Å². The highest BCUT2D eigenvalue weighted by Crippen LogP contribution is 2.33. The Kier molecular flexibility index (Phi) is 5.18. The number of hydrogen-bond donors (Lipinski definition) is 1. The molecule has 1 N–H and O–H groups in total. The first-order chi connectivity index (χ1) is 12.5. The molecule has 0 saturated heterocycles. The monoisotopic (exact) mass is 428 g/mol. The number of anilines is 2. The Morgan fingerprint density at radius 3 is 2.41 bits per heavy atom. The molecule has 0 atom stereocenters. The van der Waals surface area contributed by atoms with E-state index in [0.29, 0.717) is 34.1 Å². The molecule has 1 aliphatic heterocycles. The Morgan fingerprint density at radius 2 is 1.74 bits per heavy atom. The number of rotatable bonds is 4. The molecule has 146 valence electrons. The average molecular weight is 429 g/mol. The zero-order valence-electron chi connectivity index (χ0n) is 15.3. The van der Waals surface area contributed by atoms with Crippen LogP contribution in [0.4, 0.5) is 11.4 Å². The standard InChI is InChI=1S/C18H21ClN2O4S2/c1-12-10-18(13(2)9-16(12)19)27(24,25)20-15-7-6-14-5-4-8-21(17(14)11-15)26(3,22)23/h6-7,9-11,20H,4-5,8H2,1-3H3. The molecule has 1 aliphatic rings. The van der Waals surface area contributed by atoms with Crippen LogP contribution >= 0.6 is 11.6 Å². The molecule has 27 heavy (non-hydrogen) atoms. The van der Waals surface area contributed by atoms with Gasteiger partial charge in [0.1, 0.15) is 0 Å². The van der Waals surface area contributed by atoms with E-state index in [-0.39, 0.29) is 4.90 Å². The fourth-order valence-corrected chi connectivity index (χ4v) is 5.77. The van der Waals surface area contributed by atoms with Crippen molar-refractivity contribution in [3.63, 3.8) is 0 Å². The van der Waals surface area contributed by atoms with E-state index in [2.05, 4.69) is 4.72 Å². The van der Waals surface area contributed by atoms with E-state index in [0.717, 1.165) is 24.7 Å². The van der Waals surface area contributed by atoms with Gasteiger partial charge in [-0.2, -0.15) is 0 Å². The molecule has 6 nitrogen and oxygen atoms in total. The zero-order valence-corrected chi connectivity index (χ0v) is 17.7. The summed E-state index contributed by atoms with van der Waals surface area (Å²) < 4.78 is 53.7. The molecular formula is C18H21ClN2O4S2. The molecule has 0 aliphatic carbocycles. The first-order valence-corrected chi connectivity index (χ1v) is 12.1. The van der Waals surface area contributed by atoms with Gasteiger partial charge in [0, 0.05) is 11.6 Å². The SMILES string of the molecule is Cc1cc(S(=O)(=O)Nc2ccc3c(c2)N(S(C)(=O)=O)CCC3)c(C)cc1Cl. The first-order valence-electron chi connectivity index (χ1n) is 8.39. The van der Waals surface area contributed by atoms with Crippen LogP contribution in [0.5, 0.6) is 0 Å². The lowest BCUT2D eigenvalue weighted by atomic mass is 10.0. The molecule has 9 heteroatoms. The summed E-state index contributed by atoms with van der Waals surface area (Å²) in [7, 11) is -7.27. The van der Waals surface area contributed by atoms with E-state index >= 15 is 0 Å². The Labute approximate surface area is 165 Å². The van der Waals surface area contributed by atoms with Crippen molar-refractivity contribution in [1.82, 2.24) is 0 Å². The van der Waals surface area contributed by atoms with Crippen molar-refractivity contribution in [2.75, 3.05) is 21.8 Å². The third-order valence-corrected chi connectivity index (χ3v) is 7.67. The lowest BCUT2D eigenvalue weighted by Gasteiger charge is -2.29. The number of benzene rings is 2. The molecule has 0 spiro atoms. The molecule has 3 rings (SSSR count). The van der Waals surface area contributed by atoms with Crippen LogP contribution in [-0.4, -0.2) is 29.6 Å². The highest BCUT2D eigenvalue weighted by Gasteiger charge is 2.25. The quantitative estimate of drug-likeness (QED) is 0.808. The highest BCUT2D eigenvalue weighted by atomic mass is 35.5. The van der Waals surface area contributed by atoms with Crippen LogP contribution in [0.1, 0.15) is 23.1 Å². The maximum atomic E-state index is 12.8. The molecule has 2 aromatic carbocycles. The molecule has 0 amide bonds. The van der Waals surface area contributed by atoms with Crippen LogP contribution in [-0.2, 0) is 26.5 Å². The summed E-state index contributed by atoms with van der Waals surface area (Å²) in [4.78, 5) is 0.141. The number of nitrogens with one attached hydrogen (secondary N) is 1. The lowest BCUT2D eigenvalue weighted by Crippen LogP contribution is -2.34. The summed E-state index contributed by atoms with van der Waals surface area (Å²) in [6.07, 6.45) is 2.64. The predicted octanol–water partition coefficient (Wildman–Crippen LogP) is 3.47. The summed E-state index contributed by atoms with van der Waals surface area (Å²) >= 11 is 6.06. The molecule has 0 radical (unpaired) electrons. The second-order valence-electron chi connectivity index (χ2n) is 6.75. The molecule has 0 bridgehead atoms. The topological polar surface area (TPSA) is 83.6 Å². The highest BCUT2D eigenvalue weighted by molar-refractivity contribution is 7.93. The van der Waals surface area contributed by atoms with Gasteiger partial charge < -0.3 is 0 Å². The molecular weight excluding hydrogens is 408 g/mol. The molecule has 1 heterocycles. The maximum Gasteiger partial charge on any atom is 0.262 e. The molecule has 0 saturated carbocycles. The number of aryl methyl sites for hydroxylation is 3. The van der Waals surface area contributed by atoms with E-state index in [1.54, 1.807) is 38.1 Å². The lowest BCUT2D eigenvalue weighted by molar-refractivity contribution is 0.592. The van der Waals surface area contributed by atoms with Crippen LogP contribution in [0.25, 0.3) is 0 Å². The van der Waals surface area contributed by atoms with Gasteiger partial charge in [0.15, 0.2) is 0 Å². The minimum Gasteiger partial charge on any atom is -0.280 e.